The third kappa shape index (κ3) is 5.77. The summed E-state index contributed by atoms with van der Waals surface area (Å²) in [6.45, 7) is 8.76. The summed E-state index contributed by atoms with van der Waals surface area (Å²) in [5, 5.41) is 11.8. The number of carboxylic acids is 1. The fraction of sp³-hybridized carbons (Fsp3) is 0.381. The highest BCUT2D eigenvalue weighted by Gasteiger charge is 2.23. The van der Waals surface area contributed by atoms with E-state index in [1.165, 1.54) is 18.3 Å². The predicted molar refractivity (Wildman–Crippen MR) is 103 cm³/mol. The monoisotopic (exact) mass is 388 g/mol. The summed E-state index contributed by atoms with van der Waals surface area (Å²) in [5.74, 6) is -1.39. The van der Waals surface area contributed by atoms with Crippen LogP contribution in [0.15, 0.2) is 30.6 Å². The van der Waals surface area contributed by atoms with Gasteiger partial charge in [-0.1, -0.05) is 0 Å². The van der Waals surface area contributed by atoms with Crippen molar-refractivity contribution in [1.82, 2.24) is 10.3 Å². The van der Waals surface area contributed by atoms with Gasteiger partial charge in [0.25, 0.3) is 0 Å². The lowest BCUT2D eigenvalue weighted by Crippen LogP contribution is -2.35. The minimum atomic E-state index is -1.07. The van der Waals surface area contributed by atoms with Crippen LogP contribution in [0.3, 0.4) is 0 Å². The van der Waals surface area contributed by atoms with E-state index in [1.807, 2.05) is 0 Å². The van der Waals surface area contributed by atoms with Crippen LogP contribution in [0, 0.1) is 19.7 Å². The average Bonchev–Trinajstić information content (AvgIpc) is 2.51. The van der Waals surface area contributed by atoms with Gasteiger partial charge >= 0.3 is 12.1 Å². The van der Waals surface area contributed by atoms with Crippen LogP contribution in [0.1, 0.15) is 49.9 Å². The molecule has 0 aliphatic heterocycles. The van der Waals surface area contributed by atoms with Crippen molar-refractivity contribution in [2.75, 3.05) is 0 Å². The van der Waals surface area contributed by atoms with Gasteiger partial charge in [-0.3, -0.25) is 9.78 Å². The number of rotatable bonds is 5. The second kappa shape index (κ2) is 8.37. The van der Waals surface area contributed by atoms with Crippen molar-refractivity contribution in [3.05, 3.63) is 53.1 Å². The Morgan fingerprint density at radius 2 is 1.79 bits per heavy atom. The molecule has 0 unspecified atom stereocenters. The van der Waals surface area contributed by atoms with Crippen molar-refractivity contribution in [3.8, 4) is 11.1 Å². The van der Waals surface area contributed by atoms with Gasteiger partial charge < -0.3 is 15.2 Å². The first-order chi connectivity index (χ1) is 13.0. The lowest BCUT2D eigenvalue weighted by Gasteiger charge is -2.23. The Bertz CT molecular complexity index is 867. The van der Waals surface area contributed by atoms with Crippen LogP contribution >= 0.6 is 0 Å². The molecule has 0 aliphatic carbocycles. The molecule has 0 bridgehead atoms. The van der Waals surface area contributed by atoms with Crippen molar-refractivity contribution in [1.29, 1.82) is 0 Å². The number of alkyl carbamates (subject to hydrolysis) is 1. The third-order valence-corrected chi connectivity index (χ3v) is 4.02. The zero-order valence-electron chi connectivity index (χ0n) is 16.7. The van der Waals surface area contributed by atoms with Crippen molar-refractivity contribution < 1.29 is 23.8 Å². The highest BCUT2D eigenvalue weighted by atomic mass is 19.1. The molecule has 1 aromatic heterocycles. The maximum absolute atomic E-state index is 13.6. The lowest BCUT2D eigenvalue weighted by atomic mass is 9.94. The summed E-state index contributed by atoms with van der Waals surface area (Å²) in [6, 6.07) is 3.80. The van der Waals surface area contributed by atoms with E-state index in [4.69, 9.17) is 4.74 Å². The van der Waals surface area contributed by atoms with Gasteiger partial charge in [-0.2, -0.15) is 0 Å². The number of aryl methyl sites for hydroxylation is 2. The number of aromatic nitrogens is 1. The Morgan fingerprint density at radius 3 is 2.32 bits per heavy atom. The number of ether oxygens (including phenoxy) is 1. The molecule has 2 aromatic rings. The number of amides is 1. The molecule has 7 heteroatoms. The molecule has 2 rings (SSSR count). The molecule has 0 saturated carbocycles. The van der Waals surface area contributed by atoms with Crippen LogP contribution in [0.5, 0.6) is 0 Å². The molecule has 1 amide bonds. The minimum absolute atomic E-state index is 0.321. The van der Waals surface area contributed by atoms with Crippen LogP contribution in [-0.4, -0.2) is 27.8 Å². The molecular formula is C21H25FN2O4. The maximum atomic E-state index is 13.6. The van der Waals surface area contributed by atoms with Gasteiger partial charge in [0, 0.05) is 18.0 Å². The normalized spacial score (nSPS) is 12.4. The van der Waals surface area contributed by atoms with Crippen LogP contribution in [0.2, 0.25) is 0 Å². The van der Waals surface area contributed by atoms with E-state index in [0.29, 0.717) is 11.1 Å². The molecule has 2 N–H and O–H groups in total. The van der Waals surface area contributed by atoms with Gasteiger partial charge in [0.05, 0.1) is 12.5 Å². The van der Waals surface area contributed by atoms with Crippen molar-refractivity contribution >= 4 is 12.1 Å². The molecule has 0 aliphatic rings. The summed E-state index contributed by atoms with van der Waals surface area (Å²) >= 11 is 0. The number of benzene rings is 1. The number of pyridine rings is 1. The number of nitrogens with zero attached hydrogens (tertiary/aromatic N) is 1. The number of nitrogens with one attached hydrogen (secondary N) is 1. The zero-order valence-corrected chi connectivity index (χ0v) is 16.7. The number of carboxylic acid groups (broad SMARTS) is 1. The van der Waals surface area contributed by atoms with Gasteiger partial charge in [-0.25, -0.2) is 9.18 Å². The van der Waals surface area contributed by atoms with E-state index in [2.05, 4.69) is 10.3 Å². The second-order valence-corrected chi connectivity index (χ2v) is 7.72. The van der Waals surface area contributed by atoms with Crippen LogP contribution in [0.4, 0.5) is 9.18 Å². The van der Waals surface area contributed by atoms with Gasteiger partial charge in [-0.15, -0.1) is 0 Å². The van der Waals surface area contributed by atoms with Crippen LogP contribution in [0.25, 0.3) is 11.1 Å². The van der Waals surface area contributed by atoms with Gasteiger partial charge in [0.2, 0.25) is 0 Å². The molecule has 0 radical (unpaired) electrons. The van der Waals surface area contributed by atoms with Crippen LogP contribution in [-0.2, 0) is 9.53 Å². The number of carbonyl (C=O) groups is 2. The molecule has 1 atom stereocenters. The number of hydrogen-bond acceptors (Lipinski definition) is 4. The van der Waals surface area contributed by atoms with Gasteiger partial charge in [-0.05, 0) is 75.1 Å². The lowest BCUT2D eigenvalue weighted by molar-refractivity contribution is -0.137. The van der Waals surface area contributed by atoms with E-state index in [1.54, 1.807) is 46.9 Å². The Hall–Kier alpha value is -2.96. The number of carbonyl (C=O) groups excluding carboxylic acids is 1. The Labute approximate surface area is 163 Å². The number of halogens is 1. The fourth-order valence-electron chi connectivity index (χ4n) is 3.03. The van der Waals surface area contributed by atoms with Gasteiger partial charge in [0.15, 0.2) is 0 Å². The summed E-state index contributed by atoms with van der Waals surface area (Å²) in [7, 11) is 0. The highest BCUT2D eigenvalue weighted by molar-refractivity contribution is 5.74. The van der Waals surface area contributed by atoms with Crippen molar-refractivity contribution in [2.24, 2.45) is 0 Å². The Balaban J connectivity index is 2.39. The number of aliphatic carboxylic acids is 1. The molecule has 0 saturated heterocycles. The van der Waals surface area contributed by atoms with E-state index in [9.17, 15) is 19.1 Å². The van der Waals surface area contributed by atoms with Crippen LogP contribution < -0.4 is 5.32 Å². The molecule has 0 spiro atoms. The van der Waals surface area contributed by atoms with Gasteiger partial charge in [0.1, 0.15) is 11.4 Å². The van der Waals surface area contributed by atoms with E-state index < -0.39 is 23.7 Å². The quantitative estimate of drug-likeness (QED) is 0.785. The smallest absolute Gasteiger partial charge is 0.408 e. The van der Waals surface area contributed by atoms with E-state index >= 15 is 0 Å². The largest absolute Gasteiger partial charge is 0.481 e. The maximum Gasteiger partial charge on any atom is 0.408 e. The number of hydrogen-bond donors (Lipinski definition) is 2. The Morgan fingerprint density at radius 1 is 1.18 bits per heavy atom. The first kappa shape index (κ1) is 21.3. The molecule has 1 aromatic carbocycles. The third-order valence-electron chi connectivity index (χ3n) is 4.02. The topological polar surface area (TPSA) is 88.5 Å². The first-order valence-electron chi connectivity index (χ1n) is 8.89. The summed E-state index contributed by atoms with van der Waals surface area (Å²) in [5.41, 5.74) is 2.84. The highest BCUT2D eigenvalue weighted by Crippen LogP contribution is 2.30. The van der Waals surface area contributed by atoms with Crippen molar-refractivity contribution in [2.45, 2.75) is 52.7 Å². The standard InChI is InChI=1S/C21H25FN2O4/c1-12-6-16(22)7-13(2)19(12)15-8-14(10-23-11-15)17(9-18(25)26)24-20(27)28-21(3,4)5/h6-8,10-11,17H,9H2,1-5H3,(H,24,27)(H,25,26)/t17-/m0/s1. The summed E-state index contributed by atoms with van der Waals surface area (Å²) in [6.07, 6.45) is 2.09. The van der Waals surface area contributed by atoms with Crippen molar-refractivity contribution in [3.63, 3.8) is 0 Å². The molecule has 1 heterocycles. The molecule has 0 fully saturated rings. The van der Waals surface area contributed by atoms with E-state index in [-0.39, 0.29) is 12.2 Å². The molecular weight excluding hydrogens is 363 g/mol. The Kier molecular flexibility index (Phi) is 6.38. The summed E-state index contributed by atoms with van der Waals surface area (Å²) in [4.78, 5) is 27.6. The second-order valence-electron chi connectivity index (χ2n) is 7.72. The fourth-order valence-corrected chi connectivity index (χ4v) is 3.03. The first-order valence-corrected chi connectivity index (χ1v) is 8.89. The summed E-state index contributed by atoms with van der Waals surface area (Å²) < 4.78 is 18.8. The molecule has 150 valence electrons. The average molecular weight is 388 g/mol. The zero-order chi connectivity index (χ0) is 21.1. The molecule has 28 heavy (non-hydrogen) atoms. The SMILES string of the molecule is Cc1cc(F)cc(C)c1-c1cncc([C@H](CC(=O)O)NC(=O)OC(C)(C)C)c1. The minimum Gasteiger partial charge on any atom is -0.481 e. The molecule has 6 nitrogen and oxygen atoms in total. The predicted octanol–water partition coefficient (Wildman–Crippen LogP) is 4.55. The van der Waals surface area contributed by atoms with E-state index in [0.717, 1.165) is 16.7 Å².